The van der Waals surface area contributed by atoms with Gasteiger partial charge >= 0.3 is 6.18 Å². The largest absolute Gasteiger partial charge is 0.401 e. The molecule has 0 radical (unpaired) electrons. The van der Waals surface area contributed by atoms with Crippen LogP contribution in [-0.4, -0.2) is 55.1 Å². The predicted molar refractivity (Wildman–Crippen MR) is 58.5 cm³/mol. The first kappa shape index (κ1) is 14.3. The Kier molecular flexibility index (Phi) is 4.80. The molecule has 100 valence electrons. The van der Waals surface area contributed by atoms with Crippen LogP contribution in [0.15, 0.2) is 0 Å². The van der Waals surface area contributed by atoms with Crippen molar-refractivity contribution in [3.05, 3.63) is 0 Å². The van der Waals surface area contributed by atoms with Crippen molar-refractivity contribution >= 4 is 5.91 Å². The van der Waals surface area contributed by atoms with E-state index in [0.717, 1.165) is 17.7 Å². The fourth-order valence-electron chi connectivity index (χ4n) is 2.11. The van der Waals surface area contributed by atoms with E-state index in [1.807, 2.05) is 0 Å². The third-order valence-corrected chi connectivity index (χ3v) is 2.86. The Bertz CT molecular complexity index is 268. The Labute approximate surface area is 99.6 Å². The lowest BCUT2D eigenvalue weighted by Gasteiger charge is -2.32. The van der Waals surface area contributed by atoms with E-state index in [2.05, 4.69) is 6.92 Å². The average molecular weight is 252 g/mol. The van der Waals surface area contributed by atoms with Gasteiger partial charge in [-0.2, -0.15) is 13.2 Å². The number of rotatable bonds is 3. The average Bonchev–Trinajstić information content (AvgIpc) is 2.14. The molecule has 0 saturated carbocycles. The maximum atomic E-state index is 12.1. The highest BCUT2D eigenvalue weighted by Crippen LogP contribution is 2.17. The second kappa shape index (κ2) is 5.71. The van der Waals surface area contributed by atoms with Crippen molar-refractivity contribution < 1.29 is 18.0 Å². The number of likely N-dealkylation sites (N-methyl/N-ethyl adjacent to an activating group) is 1. The van der Waals surface area contributed by atoms with Crippen LogP contribution in [0.1, 0.15) is 19.8 Å². The van der Waals surface area contributed by atoms with Gasteiger partial charge in [-0.1, -0.05) is 6.92 Å². The zero-order valence-corrected chi connectivity index (χ0v) is 10.3. The molecule has 1 amide bonds. The standard InChI is InChI=1S/C11H19F3N2O/c1-9-4-3-5-16(6-9)10(17)7-15(2)8-11(12,13)14/h9H,3-8H2,1-2H3/t9-/m1/s1. The summed E-state index contributed by atoms with van der Waals surface area (Å²) in [4.78, 5) is 14.4. The number of amides is 1. The third-order valence-electron chi connectivity index (χ3n) is 2.86. The summed E-state index contributed by atoms with van der Waals surface area (Å²) in [5, 5.41) is 0. The van der Waals surface area contributed by atoms with E-state index < -0.39 is 12.7 Å². The Balaban J connectivity index is 2.38. The Morgan fingerprint density at radius 3 is 2.65 bits per heavy atom. The summed E-state index contributed by atoms with van der Waals surface area (Å²) in [5.74, 6) is 0.240. The van der Waals surface area contributed by atoms with Crippen molar-refractivity contribution in [2.75, 3.05) is 33.2 Å². The Morgan fingerprint density at radius 2 is 2.12 bits per heavy atom. The molecule has 0 spiro atoms. The van der Waals surface area contributed by atoms with E-state index in [1.54, 1.807) is 4.90 Å². The lowest BCUT2D eigenvalue weighted by Crippen LogP contribution is -2.45. The van der Waals surface area contributed by atoms with Gasteiger partial charge in [-0.15, -0.1) is 0 Å². The van der Waals surface area contributed by atoms with E-state index in [-0.39, 0.29) is 12.5 Å². The molecule has 0 aliphatic carbocycles. The van der Waals surface area contributed by atoms with E-state index in [0.29, 0.717) is 19.0 Å². The van der Waals surface area contributed by atoms with Crippen molar-refractivity contribution in [3.8, 4) is 0 Å². The maximum absolute atomic E-state index is 12.1. The topological polar surface area (TPSA) is 23.6 Å². The van der Waals surface area contributed by atoms with Crippen LogP contribution in [0.25, 0.3) is 0 Å². The predicted octanol–water partition coefficient (Wildman–Crippen LogP) is 1.74. The molecule has 1 saturated heterocycles. The minimum absolute atomic E-state index is 0.160. The van der Waals surface area contributed by atoms with Gasteiger partial charge in [0.05, 0.1) is 13.1 Å². The summed E-state index contributed by atoms with van der Waals surface area (Å²) in [6.45, 7) is 2.19. The van der Waals surface area contributed by atoms with Gasteiger partial charge in [-0.05, 0) is 25.8 Å². The van der Waals surface area contributed by atoms with Crippen LogP contribution in [0.2, 0.25) is 0 Å². The lowest BCUT2D eigenvalue weighted by molar-refractivity contribution is -0.149. The minimum atomic E-state index is -4.25. The number of nitrogens with zero attached hydrogens (tertiary/aromatic N) is 2. The molecule has 1 heterocycles. The normalized spacial score (nSPS) is 22.0. The van der Waals surface area contributed by atoms with Crippen LogP contribution < -0.4 is 0 Å². The van der Waals surface area contributed by atoms with Crippen molar-refractivity contribution in [2.24, 2.45) is 5.92 Å². The summed E-state index contributed by atoms with van der Waals surface area (Å²) in [6.07, 6.45) is -2.22. The summed E-state index contributed by atoms with van der Waals surface area (Å²) in [5.41, 5.74) is 0. The Hall–Kier alpha value is -0.780. The molecule has 0 bridgehead atoms. The SMILES string of the molecule is C[C@@H]1CCCN(C(=O)CN(C)CC(F)(F)F)C1. The maximum Gasteiger partial charge on any atom is 0.401 e. The van der Waals surface area contributed by atoms with Crippen LogP contribution in [0.5, 0.6) is 0 Å². The molecule has 17 heavy (non-hydrogen) atoms. The molecule has 3 nitrogen and oxygen atoms in total. The number of carbonyl (C=O) groups excluding carboxylic acids is 1. The fraction of sp³-hybridized carbons (Fsp3) is 0.909. The van der Waals surface area contributed by atoms with Gasteiger partial charge in [0.2, 0.25) is 5.91 Å². The minimum Gasteiger partial charge on any atom is -0.341 e. The number of carbonyl (C=O) groups is 1. The lowest BCUT2D eigenvalue weighted by atomic mass is 10.0. The van der Waals surface area contributed by atoms with E-state index in [1.165, 1.54) is 7.05 Å². The van der Waals surface area contributed by atoms with Gasteiger partial charge in [0.1, 0.15) is 0 Å². The second-order valence-corrected chi connectivity index (χ2v) is 4.87. The van der Waals surface area contributed by atoms with Crippen LogP contribution in [0.3, 0.4) is 0 Å². The van der Waals surface area contributed by atoms with Gasteiger partial charge in [0.25, 0.3) is 0 Å². The van der Waals surface area contributed by atoms with Crippen molar-refractivity contribution in [1.29, 1.82) is 0 Å². The van der Waals surface area contributed by atoms with Gasteiger partial charge < -0.3 is 4.90 Å². The molecule has 1 fully saturated rings. The molecule has 0 aromatic heterocycles. The zero-order valence-electron chi connectivity index (χ0n) is 10.3. The molecule has 0 N–H and O–H groups in total. The zero-order chi connectivity index (χ0) is 13.1. The van der Waals surface area contributed by atoms with Gasteiger partial charge in [0, 0.05) is 13.1 Å². The number of alkyl halides is 3. The van der Waals surface area contributed by atoms with Crippen LogP contribution in [0, 0.1) is 5.92 Å². The molecule has 1 rings (SSSR count). The first-order chi connectivity index (χ1) is 7.78. The molecule has 0 unspecified atom stereocenters. The van der Waals surface area contributed by atoms with Crippen LogP contribution in [0.4, 0.5) is 13.2 Å². The third kappa shape index (κ3) is 5.39. The molecule has 0 aromatic rings. The summed E-state index contributed by atoms with van der Waals surface area (Å²) >= 11 is 0. The molecule has 1 aliphatic rings. The summed E-state index contributed by atoms with van der Waals surface area (Å²) in [6, 6.07) is 0. The first-order valence-corrected chi connectivity index (χ1v) is 5.81. The molecule has 0 aromatic carbocycles. The quantitative estimate of drug-likeness (QED) is 0.764. The second-order valence-electron chi connectivity index (χ2n) is 4.87. The van der Waals surface area contributed by atoms with Crippen LogP contribution in [-0.2, 0) is 4.79 Å². The van der Waals surface area contributed by atoms with Crippen LogP contribution >= 0.6 is 0 Å². The molecular formula is C11H19F3N2O. The molecular weight excluding hydrogens is 233 g/mol. The Morgan fingerprint density at radius 1 is 1.47 bits per heavy atom. The van der Waals surface area contributed by atoms with E-state index >= 15 is 0 Å². The van der Waals surface area contributed by atoms with Crippen molar-refractivity contribution in [3.63, 3.8) is 0 Å². The molecule has 1 aliphatic heterocycles. The highest BCUT2D eigenvalue weighted by Gasteiger charge is 2.30. The molecule has 1 atom stereocenters. The van der Waals surface area contributed by atoms with E-state index in [4.69, 9.17) is 0 Å². The summed E-state index contributed by atoms with van der Waals surface area (Å²) in [7, 11) is 1.32. The van der Waals surface area contributed by atoms with Gasteiger partial charge in [-0.3, -0.25) is 9.69 Å². The van der Waals surface area contributed by atoms with Crippen molar-refractivity contribution in [1.82, 2.24) is 9.80 Å². The highest BCUT2D eigenvalue weighted by atomic mass is 19.4. The number of piperidine rings is 1. The van der Waals surface area contributed by atoms with Gasteiger partial charge in [-0.25, -0.2) is 0 Å². The van der Waals surface area contributed by atoms with Gasteiger partial charge in [0.15, 0.2) is 0 Å². The number of hydrogen-bond acceptors (Lipinski definition) is 2. The fourth-order valence-corrected chi connectivity index (χ4v) is 2.11. The number of likely N-dealkylation sites (tertiary alicyclic amines) is 1. The molecule has 6 heteroatoms. The smallest absolute Gasteiger partial charge is 0.341 e. The number of halogens is 3. The monoisotopic (exact) mass is 252 g/mol. The highest BCUT2D eigenvalue weighted by molar-refractivity contribution is 5.78. The van der Waals surface area contributed by atoms with E-state index in [9.17, 15) is 18.0 Å². The number of hydrogen-bond donors (Lipinski definition) is 0. The first-order valence-electron chi connectivity index (χ1n) is 5.81. The van der Waals surface area contributed by atoms with Crippen molar-refractivity contribution in [2.45, 2.75) is 25.9 Å². The summed E-state index contributed by atoms with van der Waals surface area (Å²) < 4.78 is 36.3.